The molecule has 0 atom stereocenters. The fourth-order valence-electron chi connectivity index (χ4n) is 2.96. The van der Waals surface area contributed by atoms with Crippen LogP contribution in [-0.2, 0) is 24.2 Å². The first-order chi connectivity index (χ1) is 13.5. The lowest BCUT2D eigenvalue weighted by Crippen LogP contribution is -2.41. The Morgan fingerprint density at radius 1 is 0.400 bits per heavy atom. The van der Waals surface area contributed by atoms with E-state index in [9.17, 15) is 61.5 Å². The SMILES string of the molecule is Fc1c(F)c2c(F)c(F)c1CC(F)(F)c1c(F)c(F)c(c(F)c1F)C(F)(F)C2(F)F. The van der Waals surface area contributed by atoms with Gasteiger partial charge in [0.15, 0.2) is 46.5 Å². The molecule has 0 N–H and O–H groups in total. The van der Waals surface area contributed by atoms with Crippen molar-refractivity contribution in [2.24, 2.45) is 0 Å². The lowest BCUT2D eigenvalue weighted by Gasteiger charge is -2.31. The zero-order valence-corrected chi connectivity index (χ0v) is 13.5. The maximum Gasteiger partial charge on any atom is 0.345 e. The van der Waals surface area contributed by atoms with Crippen LogP contribution in [0.2, 0.25) is 0 Å². The molecule has 0 radical (unpaired) electrons. The van der Waals surface area contributed by atoms with Crippen LogP contribution in [0.5, 0.6) is 0 Å². The Kier molecular flexibility index (Phi) is 4.60. The Bertz CT molecular complexity index is 1030. The number of halogens is 14. The summed E-state index contributed by atoms with van der Waals surface area (Å²) in [4.78, 5) is 0. The van der Waals surface area contributed by atoms with Crippen molar-refractivity contribution in [3.05, 3.63) is 68.8 Å². The van der Waals surface area contributed by atoms with Crippen LogP contribution < -0.4 is 0 Å². The van der Waals surface area contributed by atoms with Crippen LogP contribution in [0.25, 0.3) is 0 Å². The fourth-order valence-corrected chi connectivity index (χ4v) is 2.96. The van der Waals surface area contributed by atoms with E-state index in [1.54, 1.807) is 0 Å². The molecule has 2 aromatic rings. The molecular weight excluding hydrogens is 458 g/mol. The van der Waals surface area contributed by atoms with Crippen molar-refractivity contribution in [2.75, 3.05) is 0 Å². The number of alkyl halides is 6. The number of benzene rings is 2. The molecule has 14 heteroatoms. The molecule has 4 aliphatic rings. The third kappa shape index (κ3) is 2.54. The van der Waals surface area contributed by atoms with Crippen LogP contribution in [0.4, 0.5) is 61.5 Å². The molecule has 0 heterocycles. The first-order valence-electron chi connectivity index (χ1n) is 7.35. The van der Waals surface area contributed by atoms with Gasteiger partial charge in [0.05, 0.1) is 5.56 Å². The summed E-state index contributed by atoms with van der Waals surface area (Å²) in [5.74, 6) is -44.5. The second-order valence-corrected chi connectivity index (χ2v) is 6.15. The summed E-state index contributed by atoms with van der Waals surface area (Å²) in [6.45, 7) is 0. The van der Waals surface area contributed by atoms with Crippen molar-refractivity contribution in [1.29, 1.82) is 0 Å². The lowest BCUT2D eigenvalue weighted by molar-refractivity contribution is -0.230. The Morgan fingerprint density at radius 2 is 0.667 bits per heavy atom. The van der Waals surface area contributed by atoms with Crippen molar-refractivity contribution in [2.45, 2.75) is 24.2 Å². The quantitative estimate of drug-likeness (QED) is 0.319. The Balaban J connectivity index is 2.65. The van der Waals surface area contributed by atoms with E-state index in [-0.39, 0.29) is 0 Å². The number of hydrogen-bond acceptors (Lipinski definition) is 0. The Hall–Kier alpha value is -2.54. The van der Waals surface area contributed by atoms with Gasteiger partial charge in [0.25, 0.3) is 5.92 Å². The highest BCUT2D eigenvalue weighted by Crippen LogP contribution is 2.55. The minimum atomic E-state index is -6.61. The Labute approximate surface area is 155 Å². The maximum absolute atomic E-state index is 14.2. The fraction of sp³-hybridized carbons (Fsp3) is 0.250. The average molecular weight is 460 g/mol. The first kappa shape index (κ1) is 22.2. The molecule has 4 bridgehead atoms. The highest BCUT2D eigenvalue weighted by Gasteiger charge is 2.65. The summed E-state index contributed by atoms with van der Waals surface area (Å²) >= 11 is 0. The van der Waals surface area contributed by atoms with Gasteiger partial charge in [-0.2, -0.15) is 17.6 Å². The van der Waals surface area contributed by atoms with Gasteiger partial charge in [0.2, 0.25) is 0 Å². The highest BCUT2D eigenvalue weighted by atomic mass is 19.3. The Morgan fingerprint density at radius 3 is 1.00 bits per heavy atom. The summed E-state index contributed by atoms with van der Waals surface area (Å²) in [6, 6.07) is 0. The lowest BCUT2D eigenvalue weighted by atomic mass is 9.87. The van der Waals surface area contributed by atoms with E-state index in [0.717, 1.165) is 0 Å². The topological polar surface area (TPSA) is 0 Å². The van der Waals surface area contributed by atoms with Gasteiger partial charge in [-0.15, -0.1) is 0 Å². The minimum absolute atomic E-state index is 2.43. The van der Waals surface area contributed by atoms with E-state index in [2.05, 4.69) is 0 Å². The van der Waals surface area contributed by atoms with Crippen LogP contribution >= 0.6 is 0 Å². The van der Waals surface area contributed by atoms with Crippen LogP contribution in [-0.4, -0.2) is 0 Å². The second kappa shape index (κ2) is 6.23. The molecule has 30 heavy (non-hydrogen) atoms. The molecule has 0 nitrogen and oxygen atoms in total. The van der Waals surface area contributed by atoms with Crippen LogP contribution in [0.3, 0.4) is 0 Å². The summed E-state index contributed by atoms with van der Waals surface area (Å²) < 4.78 is 197. The number of hydrogen-bond donors (Lipinski definition) is 0. The molecule has 2 aromatic carbocycles. The van der Waals surface area contributed by atoms with Crippen molar-refractivity contribution in [3.8, 4) is 0 Å². The minimum Gasteiger partial charge on any atom is -0.203 e. The molecule has 0 spiro atoms. The zero-order valence-electron chi connectivity index (χ0n) is 13.5. The first-order valence-corrected chi connectivity index (χ1v) is 7.35. The molecule has 0 aliphatic heterocycles. The van der Waals surface area contributed by atoms with E-state index >= 15 is 0 Å². The highest BCUT2D eigenvalue weighted by molar-refractivity contribution is 5.42. The van der Waals surface area contributed by atoms with Gasteiger partial charge in [-0.1, -0.05) is 0 Å². The third-order valence-corrected chi connectivity index (χ3v) is 4.40. The van der Waals surface area contributed by atoms with Gasteiger partial charge < -0.3 is 0 Å². The molecule has 0 saturated heterocycles. The summed E-state index contributed by atoms with van der Waals surface area (Å²) in [5, 5.41) is 0. The van der Waals surface area contributed by atoms with Gasteiger partial charge >= 0.3 is 11.8 Å². The van der Waals surface area contributed by atoms with E-state index in [0.29, 0.717) is 0 Å². The van der Waals surface area contributed by atoms with Crippen molar-refractivity contribution in [3.63, 3.8) is 0 Å². The average Bonchev–Trinajstić information content (AvgIpc) is 2.61. The van der Waals surface area contributed by atoms with E-state index in [4.69, 9.17) is 0 Å². The second-order valence-electron chi connectivity index (χ2n) is 6.15. The van der Waals surface area contributed by atoms with Crippen molar-refractivity contribution < 1.29 is 61.5 Å². The smallest absolute Gasteiger partial charge is 0.203 e. The van der Waals surface area contributed by atoms with Gasteiger partial charge in [-0.3, -0.25) is 0 Å². The van der Waals surface area contributed by atoms with Crippen molar-refractivity contribution in [1.82, 2.24) is 0 Å². The van der Waals surface area contributed by atoms with Crippen LogP contribution in [0, 0.1) is 46.5 Å². The van der Waals surface area contributed by atoms with E-state index < -0.39 is 93.0 Å². The molecular formula is C16H2F14. The predicted octanol–water partition coefficient (Wildman–Crippen LogP) is 6.33. The zero-order chi connectivity index (χ0) is 23.1. The van der Waals surface area contributed by atoms with E-state index in [1.807, 2.05) is 0 Å². The normalized spacial score (nSPS) is 19.0. The largest absolute Gasteiger partial charge is 0.345 e. The molecule has 164 valence electrons. The summed E-state index contributed by atoms with van der Waals surface area (Å²) in [6.07, 6.45) is -2.72. The van der Waals surface area contributed by atoms with Gasteiger partial charge in [-0.05, 0) is 0 Å². The molecule has 0 unspecified atom stereocenters. The molecule has 4 aliphatic carbocycles. The number of rotatable bonds is 0. The van der Waals surface area contributed by atoms with Crippen LogP contribution in [0.15, 0.2) is 0 Å². The van der Waals surface area contributed by atoms with Gasteiger partial charge in [0, 0.05) is 12.0 Å². The molecule has 0 fully saturated rings. The monoisotopic (exact) mass is 460 g/mol. The van der Waals surface area contributed by atoms with Crippen molar-refractivity contribution >= 4 is 0 Å². The molecule has 0 amide bonds. The van der Waals surface area contributed by atoms with Crippen LogP contribution in [0.1, 0.15) is 22.3 Å². The van der Waals surface area contributed by atoms with Gasteiger partial charge in [-0.25, -0.2) is 43.9 Å². The third-order valence-electron chi connectivity index (χ3n) is 4.40. The summed E-state index contributed by atoms with van der Waals surface area (Å²) in [5.41, 5.74) is -12.4. The standard InChI is InChI=1S/C16H2F14/c17-6-2-1-14(25,26)3-8(19)12(23)5(13(24)9(3)20)16(29,30)15(27,28)4(10(6)21)11(22)7(2)18/h1H2. The summed E-state index contributed by atoms with van der Waals surface area (Å²) in [7, 11) is 0. The van der Waals surface area contributed by atoms with Gasteiger partial charge in [0.1, 0.15) is 11.1 Å². The maximum atomic E-state index is 14.2. The molecule has 0 aromatic heterocycles. The predicted molar refractivity (Wildman–Crippen MR) is 67.9 cm³/mol. The molecule has 0 saturated carbocycles. The van der Waals surface area contributed by atoms with E-state index in [1.165, 1.54) is 0 Å². The molecule has 6 rings (SSSR count).